The summed E-state index contributed by atoms with van der Waals surface area (Å²) in [5.41, 5.74) is 9.47. The molecule has 128 valence electrons. The normalized spacial score (nSPS) is 17.6. The standard InChI is InChI=1S/C18H18ClN5O/c19-14-6-4-12(5-7-14)16-17(21-11-22-18(16)20)13-9-23-24(10-13)15-3-1-2-8-25-15/h4-7,9-11,15H,1-3,8H2,(H2,20,21,22). The molecule has 25 heavy (non-hydrogen) atoms. The topological polar surface area (TPSA) is 78.9 Å². The first-order valence-corrected chi connectivity index (χ1v) is 8.63. The van der Waals surface area contributed by atoms with Crippen LogP contribution in [0.4, 0.5) is 5.82 Å². The number of hydrogen-bond donors (Lipinski definition) is 1. The van der Waals surface area contributed by atoms with Crippen molar-refractivity contribution in [3.8, 4) is 22.4 Å². The van der Waals surface area contributed by atoms with E-state index in [9.17, 15) is 0 Å². The maximum atomic E-state index is 6.14. The van der Waals surface area contributed by atoms with Gasteiger partial charge in [0.15, 0.2) is 0 Å². The van der Waals surface area contributed by atoms with Crippen molar-refractivity contribution in [3.63, 3.8) is 0 Å². The van der Waals surface area contributed by atoms with E-state index in [1.54, 1.807) is 6.20 Å². The van der Waals surface area contributed by atoms with E-state index >= 15 is 0 Å². The van der Waals surface area contributed by atoms with Gasteiger partial charge in [-0.05, 0) is 37.0 Å². The lowest BCUT2D eigenvalue weighted by Crippen LogP contribution is -2.18. The van der Waals surface area contributed by atoms with Gasteiger partial charge >= 0.3 is 0 Å². The van der Waals surface area contributed by atoms with Gasteiger partial charge in [0.25, 0.3) is 0 Å². The summed E-state index contributed by atoms with van der Waals surface area (Å²) >= 11 is 6.00. The van der Waals surface area contributed by atoms with Gasteiger partial charge in [-0.25, -0.2) is 14.6 Å². The lowest BCUT2D eigenvalue weighted by Gasteiger charge is -2.22. The van der Waals surface area contributed by atoms with Crippen LogP contribution in [0.5, 0.6) is 0 Å². The maximum absolute atomic E-state index is 6.14. The zero-order valence-electron chi connectivity index (χ0n) is 13.6. The van der Waals surface area contributed by atoms with Gasteiger partial charge in [-0.15, -0.1) is 0 Å². The summed E-state index contributed by atoms with van der Waals surface area (Å²) in [6, 6.07) is 7.48. The largest absolute Gasteiger partial charge is 0.383 e. The third kappa shape index (κ3) is 3.23. The fraction of sp³-hybridized carbons (Fsp3) is 0.278. The van der Waals surface area contributed by atoms with Crippen LogP contribution in [-0.4, -0.2) is 26.4 Å². The molecule has 0 saturated carbocycles. The van der Waals surface area contributed by atoms with Gasteiger partial charge < -0.3 is 10.5 Å². The van der Waals surface area contributed by atoms with E-state index in [4.69, 9.17) is 22.1 Å². The molecular weight excluding hydrogens is 338 g/mol. The van der Waals surface area contributed by atoms with Crippen molar-refractivity contribution in [3.05, 3.63) is 48.0 Å². The van der Waals surface area contributed by atoms with Crippen molar-refractivity contribution in [2.75, 3.05) is 12.3 Å². The van der Waals surface area contributed by atoms with Crippen LogP contribution in [0.3, 0.4) is 0 Å². The number of hydrogen-bond acceptors (Lipinski definition) is 5. The van der Waals surface area contributed by atoms with Crippen LogP contribution in [-0.2, 0) is 4.74 Å². The quantitative estimate of drug-likeness (QED) is 0.769. The van der Waals surface area contributed by atoms with E-state index in [-0.39, 0.29) is 6.23 Å². The molecule has 2 aromatic heterocycles. The number of nitrogens with zero attached hydrogens (tertiary/aromatic N) is 4. The molecule has 7 heteroatoms. The summed E-state index contributed by atoms with van der Waals surface area (Å²) in [6.07, 6.45) is 8.43. The highest BCUT2D eigenvalue weighted by molar-refractivity contribution is 6.30. The van der Waals surface area contributed by atoms with E-state index in [2.05, 4.69) is 15.1 Å². The Balaban J connectivity index is 1.74. The summed E-state index contributed by atoms with van der Waals surface area (Å²) < 4.78 is 7.65. The molecule has 6 nitrogen and oxygen atoms in total. The number of anilines is 1. The van der Waals surface area contributed by atoms with Gasteiger partial charge in [0.05, 0.1) is 17.5 Å². The van der Waals surface area contributed by atoms with Crippen LogP contribution in [0.1, 0.15) is 25.5 Å². The lowest BCUT2D eigenvalue weighted by molar-refractivity contribution is -0.0394. The second-order valence-electron chi connectivity index (χ2n) is 6.02. The van der Waals surface area contributed by atoms with E-state index in [0.29, 0.717) is 10.8 Å². The summed E-state index contributed by atoms with van der Waals surface area (Å²) in [4.78, 5) is 8.59. The Hall–Kier alpha value is -2.44. The Labute approximate surface area is 150 Å². The van der Waals surface area contributed by atoms with Gasteiger partial charge in [0, 0.05) is 23.4 Å². The highest BCUT2D eigenvalue weighted by atomic mass is 35.5. The monoisotopic (exact) mass is 355 g/mol. The summed E-state index contributed by atoms with van der Waals surface area (Å²) in [5, 5.41) is 5.13. The fourth-order valence-corrected chi connectivity index (χ4v) is 3.20. The molecule has 1 aliphatic heterocycles. The van der Waals surface area contributed by atoms with Crippen molar-refractivity contribution in [2.45, 2.75) is 25.5 Å². The molecule has 1 atom stereocenters. The first-order valence-electron chi connectivity index (χ1n) is 8.25. The molecule has 0 aliphatic carbocycles. The molecule has 1 unspecified atom stereocenters. The van der Waals surface area contributed by atoms with Crippen LogP contribution in [0.25, 0.3) is 22.4 Å². The number of ether oxygens (including phenoxy) is 1. The molecule has 1 fully saturated rings. The number of nitrogens with two attached hydrogens (primary N) is 1. The molecule has 3 heterocycles. The third-order valence-corrected chi connectivity index (χ3v) is 4.59. The van der Waals surface area contributed by atoms with Crippen molar-refractivity contribution in [1.29, 1.82) is 0 Å². The first-order chi connectivity index (χ1) is 12.2. The maximum Gasteiger partial charge on any atom is 0.150 e. The number of benzene rings is 1. The molecule has 0 radical (unpaired) electrons. The van der Waals surface area contributed by atoms with Crippen LogP contribution in [0, 0.1) is 0 Å². The van der Waals surface area contributed by atoms with E-state index in [1.807, 2.05) is 35.1 Å². The van der Waals surface area contributed by atoms with E-state index < -0.39 is 0 Å². The molecular formula is C18H18ClN5O. The van der Waals surface area contributed by atoms with Gasteiger partial charge in [-0.3, -0.25) is 0 Å². The number of rotatable bonds is 3. The zero-order chi connectivity index (χ0) is 17.2. The molecule has 4 rings (SSSR count). The summed E-state index contributed by atoms with van der Waals surface area (Å²) in [5.74, 6) is 0.425. The highest BCUT2D eigenvalue weighted by Crippen LogP contribution is 2.34. The summed E-state index contributed by atoms with van der Waals surface area (Å²) in [6.45, 7) is 0.774. The smallest absolute Gasteiger partial charge is 0.150 e. The van der Waals surface area contributed by atoms with Crippen molar-refractivity contribution >= 4 is 17.4 Å². The van der Waals surface area contributed by atoms with Gasteiger partial charge in [-0.2, -0.15) is 5.10 Å². The average molecular weight is 356 g/mol. The molecule has 1 aromatic carbocycles. The van der Waals surface area contributed by atoms with Crippen LogP contribution in [0.15, 0.2) is 43.0 Å². The molecule has 0 spiro atoms. The van der Waals surface area contributed by atoms with Crippen LogP contribution >= 0.6 is 11.6 Å². The molecule has 0 amide bonds. The minimum Gasteiger partial charge on any atom is -0.383 e. The predicted molar refractivity (Wildman–Crippen MR) is 97.0 cm³/mol. The van der Waals surface area contributed by atoms with Gasteiger partial charge in [0.1, 0.15) is 18.4 Å². The lowest BCUT2D eigenvalue weighted by atomic mass is 10.0. The second kappa shape index (κ2) is 6.82. The number of aromatic nitrogens is 4. The molecule has 2 N–H and O–H groups in total. The Bertz CT molecular complexity index is 871. The molecule has 1 saturated heterocycles. The molecule has 0 bridgehead atoms. The van der Waals surface area contributed by atoms with E-state index in [0.717, 1.165) is 48.3 Å². The number of halogens is 1. The van der Waals surface area contributed by atoms with Crippen LogP contribution in [0.2, 0.25) is 5.02 Å². The Kier molecular flexibility index (Phi) is 4.38. The zero-order valence-corrected chi connectivity index (χ0v) is 14.4. The predicted octanol–water partition coefficient (Wildman–Crippen LogP) is 3.94. The number of nitrogen functional groups attached to an aromatic ring is 1. The minimum absolute atomic E-state index is 0.0133. The Morgan fingerprint density at radius 3 is 2.72 bits per heavy atom. The second-order valence-corrected chi connectivity index (χ2v) is 6.46. The highest BCUT2D eigenvalue weighted by Gasteiger charge is 2.19. The van der Waals surface area contributed by atoms with Crippen molar-refractivity contribution in [2.24, 2.45) is 0 Å². The SMILES string of the molecule is Nc1ncnc(-c2cnn(C3CCCCO3)c2)c1-c1ccc(Cl)cc1. The Morgan fingerprint density at radius 1 is 1.12 bits per heavy atom. The minimum atomic E-state index is -0.0133. The Morgan fingerprint density at radius 2 is 1.96 bits per heavy atom. The molecule has 3 aromatic rings. The van der Waals surface area contributed by atoms with Gasteiger partial charge in [-0.1, -0.05) is 23.7 Å². The average Bonchev–Trinajstić information content (AvgIpc) is 3.13. The third-order valence-electron chi connectivity index (χ3n) is 4.34. The summed E-state index contributed by atoms with van der Waals surface area (Å²) in [7, 11) is 0. The van der Waals surface area contributed by atoms with Crippen LogP contribution < -0.4 is 5.73 Å². The van der Waals surface area contributed by atoms with E-state index in [1.165, 1.54) is 6.33 Å². The first kappa shape index (κ1) is 16.1. The van der Waals surface area contributed by atoms with Crippen molar-refractivity contribution < 1.29 is 4.74 Å². The fourth-order valence-electron chi connectivity index (χ4n) is 3.07. The molecule has 1 aliphatic rings. The van der Waals surface area contributed by atoms with Crippen molar-refractivity contribution in [1.82, 2.24) is 19.7 Å². The van der Waals surface area contributed by atoms with Gasteiger partial charge in [0.2, 0.25) is 0 Å².